The van der Waals surface area contributed by atoms with Crippen LogP contribution in [0, 0.1) is 5.82 Å². The second kappa shape index (κ2) is 3.48. The topological polar surface area (TPSA) is 26.0 Å². The van der Waals surface area contributed by atoms with Gasteiger partial charge in [0.1, 0.15) is 5.82 Å². The maximum Gasteiger partial charge on any atom is 0.419 e. The van der Waals surface area contributed by atoms with Crippen molar-refractivity contribution in [1.82, 2.24) is 0 Å². The third kappa shape index (κ3) is 2.47. The van der Waals surface area contributed by atoms with Crippen LogP contribution in [0.25, 0.3) is 0 Å². The van der Waals surface area contributed by atoms with Crippen LogP contribution < -0.4 is 5.73 Å². The molecular weight excluding hydrogens is 210 g/mol. The molecule has 2 N–H and O–H groups in total. The number of benzene rings is 1. The smallest absolute Gasteiger partial charge is 0.322 e. The van der Waals surface area contributed by atoms with Crippen LogP contribution in [-0.4, -0.2) is 0 Å². The molecule has 15 heavy (non-hydrogen) atoms. The van der Waals surface area contributed by atoms with E-state index in [0.29, 0.717) is 6.07 Å². The Morgan fingerprint density at radius 3 is 1.93 bits per heavy atom. The summed E-state index contributed by atoms with van der Waals surface area (Å²) in [6.45, 7) is 2.90. The van der Waals surface area contributed by atoms with Crippen LogP contribution in [0.1, 0.15) is 25.0 Å². The van der Waals surface area contributed by atoms with Crippen LogP contribution in [0.2, 0.25) is 0 Å². The van der Waals surface area contributed by atoms with Crippen molar-refractivity contribution in [3.8, 4) is 0 Å². The lowest BCUT2D eigenvalue weighted by Gasteiger charge is -2.21. The third-order valence-electron chi connectivity index (χ3n) is 2.00. The highest BCUT2D eigenvalue weighted by Crippen LogP contribution is 2.34. The summed E-state index contributed by atoms with van der Waals surface area (Å²) in [6, 6.07) is 3.10. The van der Waals surface area contributed by atoms with Gasteiger partial charge in [0, 0.05) is 11.1 Å². The molecule has 0 saturated carbocycles. The molecule has 0 radical (unpaired) electrons. The van der Waals surface area contributed by atoms with E-state index < -0.39 is 23.1 Å². The Morgan fingerprint density at radius 1 is 1.07 bits per heavy atom. The fourth-order valence-corrected chi connectivity index (χ4v) is 1.25. The minimum absolute atomic E-state index is 0.141. The zero-order chi connectivity index (χ0) is 11.9. The Morgan fingerprint density at radius 2 is 1.53 bits per heavy atom. The molecule has 1 nitrogen and oxygen atoms in total. The van der Waals surface area contributed by atoms with E-state index in [-0.39, 0.29) is 5.56 Å². The summed E-state index contributed by atoms with van der Waals surface area (Å²) in [4.78, 5) is 0. The molecule has 1 aromatic rings. The highest BCUT2D eigenvalue weighted by Gasteiger charge is 2.36. The van der Waals surface area contributed by atoms with Crippen molar-refractivity contribution in [2.75, 3.05) is 0 Å². The summed E-state index contributed by atoms with van der Waals surface area (Å²) < 4.78 is 50.5. The van der Waals surface area contributed by atoms with Gasteiger partial charge in [0.25, 0.3) is 0 Å². The number of alkyl halides is 3. The van der Waals surface area contributed by atoms with Gasteiger partial charge in [0.2, 0.25) is 0 Å². The molecule has 1 rings (SSSR count). The van der Waals surface area contributed by atoms with Gasteiger partial charge in [-0.2, -0.15) is 13.2 Å². The Bertz CT molecular complexity index is 330. The first-order valence-corrected chi connectivity index (χ1v) is 4.29. The fraction of sp³-hybridized carbons (Fsp3) is 0.400. The third-order valence-corrected chi connectivity index (χ3v) is 2.00. The lowest BCUT2D eigenvalue weighted by atomic mass is 9.93. The van der Waals surface area contributed by atoms with Crippen LogP contribution in [-0.2, 0) is 11.7 Å². The molecule has 0 unspecified atom stereocenters. The van der Waals surface area contributed by atoms with Gasteiger partial charge in [-0.05, 0) is 19.9 Å². The quantitative estimate of drug-likeness (QED) is 0.725. The van der Waals surface area contributed by atoms with Crippen molar-refractivity contribution in [3.63, 3.8) is 0 Å². The molecule has 5 heteroatoms. The first-order chi connectivity index (χ1) is 6.64. The molecule has 0 fully saturated rings. The number of halogens is 4. The van der Waals surface area contributed by atoms with Gasteiger partial charge in [0.05, 0.1) is 5.56 Å². The lowest BCUT2D eigenvalue weighted by Crippen LogP contribution is -2.30. The molecular formula is C10H11F4N. The van der Waals surface area contributed by atoms with E-state index in [4.69, 9.17) is 5.73 Å². The Hall–Kier alpha value is -1.10. The maximum absolute atomic E-state index is 13.5. The predicted molar refractivity (Wildman–Crippen MR) is 48.6 cm³/mol. The van der Waals surface area contributed by atoms with Crippen LogP contribution in [0.5, 0.6) is 0 Å². The van der Waals surface area contributed by atoms with Gasteiger partial charge >= 0.3 is 6.18 Å². The standard InChI is InChI=1S/C10H11F4N/c1-9(2,15)6-4-3-5-7(8(6)11)10(12,13)14/h3-5H,15H2,1-2H3. The molecule has 0 saturated heterocycles. The maximum atomic E-state index is 13.5. The zero-order valence-corrected chi connectivity index (χ0v) is 8.32. The highest BCUT2D eigenvalue weighted by molar-refractivity contribution is 5.32. The molecule has 0 aromatic heterocycles. The van der Waals surface area contributed by atoms with Crippen molar-refractivity contribution in [2.45, 2.75) is 25.6 Å². The predicted octanol–water partition coefficient (Wildman–Crippen LogP) is 3.04. The summed E-state index contributed by atoms with van der Waals surface area (Å²) in [5, 5.41) is 0. The van der Waals surface area contributed by atoms with Gasteiger partial charge in [-0.25, -0.2) is 4.39 Å². The van der Waals surface area contributed by atoms with Gasteiger partial charge in [0.15, 0.2) is 0 Å². The number of nitrogens with two attached hydrogens (primary N) is 1. The van der Waals surface area contributed by atoms with Crippen molar-refractivity contribution >= 4 is 0 Å². The average Bonchev–Trinajstić information content (AvgIpc) is 1.99. The van der Waals surface area contributed by atoms with E-state index >= 15 is 0 Å². The van der Waals surface area contributed by atoms with Gasteiger partial charge in [-0.1, -0.05) is 12.1 Å². The average molecular weight is 221 g/mol. The van der Waals surface area contributed by atoms with Crippen LogP contribution in [0.15, 0.2) is 18.2 Å². The van der Waals surface area contributed by atoms with Gasteiger partial charge in [-0.3, -0.25) is 0 Å². The number of rotatable bonds is 1. The molecule has 1 aromatic carbocycles. The minimum atomic E-state index is -4.69. The largest absolute Gasteiger partial charge is 0.419 e. The Labute approximate surface area is 84.9 Å². The molecule has 0 aliphatic carbocycles. The van der Waals surface area contributed by atoms with E-state index in [1.54, 1.807) is 0 Å². The number of hydrogen-bond donors (Lipinski definition) is 1. The molecule has 0 aliphatic rings. The monoisotopic (exact) mass is 221 g/mol. The summed E-state index contributed by atoms with van der Waals surface area (Å²) in [5.74, 6) is -1.29. The van der Waals surface area contributed by atoms with Crippen LogP contribution >= 0.6 is 0 Å². The van der Waals surface area contributed by atoms with Crippen molar-refractivity contribution in [3.05, 3.63) is 35.1 Å². The molecule has 0 spiro atoms. The van der Waals surface area contributed by atoms with E-state index in [1.165, 1.54) is 19.9 Å². The van der Waals surface area contributed by atoms with Crippen molar-refractivity contribution < 1.29 is 17.6 Å². The highest BCUT2D eigenvalue weighted by atomic mass is 19.4. The van der Waals surface area contributed by atoms with Gasteiger partial charge in [-0.15, -0.1) is 0 Å². The number of hydrogen-bond acceptors (Lipinski definition) is 1. The first-order valence-electron chi connectivity index (χ1n) is 4.29. The second-order valence-electron chi connectivity index (χ2n) is 3.89. The first kappa shape index (κ1) is 12.0. The Balaban J connectivity index is 3.37. The Kier molecular flexibility index (Phi) is 2.78. The zero-order valence-electron chi connectivity index (χ0n) is 8.32. The fourth-order valence-electron chi connectivity index (χ4n) is 1.25. The van der Waals surface area contributed by atoms with Crippen molar-refractivity contribution in [2.24, 2.45) is 5.73 Å². The molecule has 0 heterocycles. The lowest BCUT2D eigenvalue weighted by molar-refractivity contribution is -0.140. The van der Waals surface area contributed by atoms with Crippen LogP contribution in [0.4, 0.5) is 17.6 Å². The normalized spacial score (nSPS) is 13.0. The second-order valence-corrected chi connectivity index (χ2v) is 3.89. The molecule has 0 aliphatic heterocycles. The minimum Gasteiger partial charge on any atom is -0.322 e. The summed E-state index contributed by atoms with van der Waals surface area (Å²) in [7, 11) is 0. The molecule has 0 atom stereocenters. The molecule has 0 amide bonds. The van der Waals surface area contributed by atoms with Crippen LogP contribution in [0.3, 0.4) is 0 Å². The SMILES string of the molecule is CC(C)(N)c1cccc(C(F)(F)F)c1F. The molecule has 84 valence electrons. The van der Waals surface area contributed by atoms with E-state index in [0.717, 1.165) is 6.07 Å². The summed E-state index contributed by atoms with van der Waals surface area (Å²) >= 11 is 0. The van der Waals surface area contributed by atoms with E-state index in [1.807, 2.05) is 0 Å². The van der Waals surface area contributed by atoms with Gasteiger partial charge < -0.3 is 5.73 Å². The van der Waals surface area contributed by atoms with E-state index in [2.05, 4.69) is 0 Å². The summed E-state index contributed by atoms with van der Waals surface area (Å²) in [5.41, 5.74) is 3.01. The van der Waals surface area contributed by atoms with Crippen molar-refractivity contribution in [1.29, 1.82) is 0 Å². The molecule has 0 bridgehead atoms. The van der Waals surface area contributed by atoms with E-state index in [9.17, 15) is 17.6 Å². The summed E-state index contributed by atoms with van der Waals surface area (Å²) in [6.07, 6.45) is -4.69.